The van der Waals surface area contributed by atoms with Crippen LogP contribution in [-0.4, -0.2) is 17.6 Å². The van der Waals surface area contributed by atoms with Crippen LogP contribution in [0, 0.1) is 5.82 Å². The minimum absolute atomic E-state index is 0.363. The average Bonchev–Trinajstić information content (AvgIpc) is 2.21. The van der Waals surface area contributed by atoms with Crippen LogP contribution in [0.4, 0.5) is 4.39 Å². The summed E-state index contributed by atoms with van der Waals surface area (Å²) in [5.74, 6) is -1.31. The molecule has 0 saturated carbocycles. The Balaban J connectivity index is 2.79. The highest BCUT2D eigenvalue weighted by molar-refractivity contribution is 5.75. The molecule has 0 aliphatic rings. The molecule has 0 bridgehead atoms. The van der Waals surface area contributed by atoms with Crippen molar-refractivity contribution >= 4 is 5.97 Å². The first-order chi connectivity index (χ1) is 7.15. The minimum atomic E-state index is -0.949. The van der Waals surface area contributed by atoms with Crippen molar-refractivity contribution in [1.82, 2.24) is 5.32 Å². The molecule has 4 heteroatoms. The van der Waals surface area contributed by atoms with E-state index in [1.165, 1.54) is 24.3 Å². The van der Waals surface area contributed by atoms with Gasteiger partial charge in [-0.1, -0.05) is 19.1 Å². The van der Waals surface area contributed by atoms with Crippen LogP contribution >= 0.6 is 0 Å². The molecular weight excluding hydrogens is 197 g/mol. The van der Waals surface area contributed by atoms with Gasteiger partial charge < -0.3 is 10.4 Å². The number of carboxylic acids is 1. The molecule has 0 heterocycles. The molecule has 0 saturated heterocycles. The lowest BCUT2D eigenvalue weighted by atomic mass is 10.1. The molecule has 0 aliphatic heterocycles. The Labute approximate surface area is 87.9 Å². The zero-order valence-corrected chi connectivity index (χ0v) is 8.53. The van der Waals surface area contributed by atoms with Gasteiger partial charge in [0, 0.05) is 0 Å². The fourth-order valence-corrected chi connectivity index (χ4v) is 1.29. The Morgan fingerprint density at radius 1 is 1.47 bits per heavy atom. The maximum atomic E-state index is 12.6. The minimum Gasteiger partial charge on any atom is -0.480 e. The van der Waals surface area contributed by atoms with Crippen molar-refractivity contribution in [2.75, 3.05) is 6.54 Å². The molecule has 3 nitrogen and oxygen atoms in total. The lowest BCUT2D eigenvalue weighted by Crippen LogP contribution is -2.28. The van der Waals surface area contributed by atoms with E-state index >= 15 is 0 Å². The second-order valence-corrected chi connectivity index (χ2v) is 3.28. The zero-order chi connectivity index (χ0) is 11.3. The van der Waals surface area contributed by atoms with Crippen LogP contribution < -0.4 is 5.32 Å². The van der Waals surface area contributed by atoms with Crippen molar-refractivity contribution in [3.05, 3.63) is 35.6 Å². The van der Waals surface area contributed by atoms with Crippen molar-refractivity contribution in [2.45, 2.75) is 19.4 Å². The van der Waals surface area contributed by atoms with E-state index in [9.17, 15) is 9.18 Å². The number of benzene rings is 1. The van der Waals surface area contributed by atoms with Gasteiger partial charge in [0.05, 0.1) is 0 Å². The molecule has 1 aromatic carbocycles. The van der Waals surface area contributed by atoms with Gasteiger partial charge in [-0.2, -0.15) is 0 Å². The van der Waals surface area contributed by atoms with Crippen molar-refractivity contribution < 1.29 is 14.3 Å². The third kappa shape index (κ3) is 3.32. The molecule has 82 valence electrons. The summed E-state index contributed by atoms with van der Waals surface area (Å²) < 4.78 is 12.6. The van der Waals surface area contributed by atoms with Crippen molar-refractivity contribution in [1.29, 1.82) is 0 Å². The van der Waals surface area contributed by atoms with Gasteiger partial charge >= 0.3 is 5.97 Å². The predicted molar refractivity (Wildman–Crippen MR) is 55.1 cm³/mol. The molecule has 1 rings (SSSR count). The summed E-state index contributed by atoms with van der Waals surface area (Å²) in [5.41, 5.74) is 0.567. The molecule has 2 N–H and O–H groups in total. The largest absolute Gasteiger partial charge is 0.480 e. The lowest BCUT2D eigenvalue weighted by molar-refractivity contribution is -0.139. The smallest absolute Gasteiger partial charge is 0.325 e. The molecule has 15 heavy (non-hydrogen) atoms. The zero-order valence-electron chi connectivity index (χ0n) is 8.53. The SMILES string of the molecule is CCCNC(C(=O)O)c1ccc(F)cc1. The second-order valence-electron chi connectivity index (χ2n) is 3.28. The molecule has 0 aliphatic carbocycles. The van der Waals surface area contributed by atoms with Crippen LogP contribution in [0.3, 0.4) is 0 Å². The monoisotopic (exact) mass is 211 g/mol. The summed E-state index contributed by atoms with van der Waals surface area (Å²) in [5, 5.41) is 11.8. The number of hydrogen-bond acceptors (Lipinski definition) is 2. The maximum absolute atomic E-state index is 12.6. The standard InChI is InChI=1S/C11H14FNO2/c1-2-7-13-10(11(14)15)8-3-5-9(12)6-4-8/h3-6,10,13H,2,7H2,1H3,(H,14,15). The topological polar surface area (TPSA) is 49.3 Å². The summed E-state index contributed by atoms with van der Waals surface area (Å²) in [6.07, 6.45) is 0.852. The fraction of sp³-hybridized carbons (Fsp3) is 0.364. The molecule has 0 amide bonds. The van der Waals surface area contributed by atoms with E-state index in [1.807, 2.05) is 6.92 Å². The second kappa shape index (κ2) is 5.46. The third-order valence-corrected chi connectivity index (χ3v) is 2.05. The van der Waals surface area contributed by atoms with E-state index in [0.717, 1.165) is 6.42 Å². The first-order valence-electron chi connectivity index (χ1n) is 4.86. The van der Waals surface area contributed by atoms with E-state index in [-0.39, 0.29) is 5.82 Å². The van der Waals surface area contributed by atoms with Gasteiger partial charge in [-0.15, -0.1) is 0 Å². The number of hydrogen-bond donors (Lipinski definition) is 2. The first kappa shape index (κ1) is 11.7. The Hall–Kier alpha value is -1.42. The molecule has 0 radical (unpaired) electrons. The molecule has 1 atom stereocenters. The van der Waals surface area contributed by atoms with Crippen molar-refractivity contribution in [2.24, 2.45) is 0 Å². The summed E-state index contributed by atoms with van der Waals surface area (Å²) in [6, 6.07) is 4.73. The van der Waals surface area contributed by atoms with Gasteiger partial charge in [-0.3, -0.25) is 4.79 Å². The lowest BCUT2D eigenvalue weighted by Gasteiger charge is -2.13. The van der Waals surface area contributed by atoms with Crippen LogP contribution in [-0.2, 0) is 4.79 Å². The van der Waals surface area contributed by atoms with Crippen LogP contribution in [0.5, 0.6) is 0 Å². The van der Waals surface area contributed by atoms with E-state index in [0.29, 0.717) is 12.1 Å². The molecule has 1 aromatic rings. The molecule has 0 aromatic heterocycles. The molecule has 0 fully saturated rings. The van der Waals surface area contributed by atoms with Crippen LogP contribution in [0.15, 0.2) is 24.3 Å². The quantitative estimate of drug-likeness (QED) is 0.782. The number of nitrogens with one attached hydrogen (secondary N) is 1. The summed E-state index contributed by atoms with van der Waals surface area (Å²) in [6.45, 7) is 2.57. The number of rotatable bonds is 5. The highest BCUT2D eigenvalue weighted by atomic mass is 19.1. The van der Waals surface area contributed by atoms with E-state index in [4.69, 9.17) is 5.11 Å². The summed E-state index contributed by atoms with van der Waals surface area (Å²) >= 11 is 0. The molecular formula is C11H14FNO2. The van der Waals surface area contributed by atoms with E-state index in [2.05, 4.69) is 5.32 Å². The fourth-order valence-electron chi connectivity index (χ4n) is 1.29. The van der Waals surface area contributed by atoms with E-state index < -0.39 is 12.0 Å². The number of carboxylic acid groups (broad SMARTS) is 1. The van der Waals surface area contributed by atoms with Crippen LogP contribution in [0.2, 0.25) is 0 Å². The van der Waals surface area contributed by atoms with Crippen LogP contribution in [0.25, 0.3) is 0 Å². The van der Waals surface area contributed by atoms with Gasteiger partial charge in [-0.25, -0.2) is 4.39 Å². The Morgan fingerprint density at radius 2 is 2.07 bits per heavy atom. The summed E-state index contributed by atoms with van der Waals surface area (Å²) in [4.78, 5) is 10.9. The van der Waals surface area contributed by atoms with Gasteiger partial charge in [0.15, 0.2) is 0 Å². The Kier molecular flexibility index (Phi) is 4.24. The van der Waals surface area contributed by atoms with Crippen molar-refractivity contribution in [3.8, 4) is 0 Å². The highest BCUT2D eigenvalue weighted by Gasteiger charge is 2.18. The average molecular weight is 211 g/mol. The Bertz CT molecular complexity index is 324. The van der Waals surface area contributed by atoms with Gasteiger partial charge in [0.1, 0.15) is 11.9 Å². The van der Waals surface area contributed by atoms with Crippen LogP contribution in [0.1, 0.15) is 24.9 Å². The van der Waals surface area contributed by atoms with E-state index in [1.54, 1.807) is 0 Å². The normalized spacial score (nSPS) is 12.4. The maximum Gasteiger partial charge on any atom is 0.325 e. The molecule has 1 unspecified atom stereocenters. The van der Waals surface area contributed by atoms with Crippen molar-refractivity contribution in [3.63, 3.8) is 0 Å². The van der Waals surface area contributed by atoms with Gasteiger partial charge in [0.2, 0.25) is 0 Å². The third-order valence-electron chi connectivity index (χ3n) is 2.05. The first-order valence-corrected chi connectivity index (χ1v) is 4.86. The van der Waals surface area contributed by atoms with Gasteiger partial charge in [-0.05, 0) is 30.7 Å². The number of carbonyl (C=O) groups is 1. The number of halogens is 1. The Morgan fingerprint density at radius 3 is 2.53 bits per heavy atom. The molecule has 0 spiro atoms. The van der Waals surface area contributed by atoms with Gasteiger partial charge in [0.25, 0.3) is 0 Å². The summed E-state index contributed by atoms with van der Waals surface area (Å²) in [7, 11) is 0. The highest BCUT2D eigenvalue weighted by Crippen LogP contribution is 2.13. The predicted octanol–water partition coefficient (Wildman–Crippen LogP) is 1.95. The number of aliphatic carboxylic acids is 1.